The lowest BCUT2D eigenvalue weighted by atomic mass is 9.83. The summed E-state index contributed by atoms with van der Waals surface area (Å²) in [7, 11) is 1.44. The maximum atomic E-state index is 13.7. The Kier molecular flexibility index (Phi) is 5.62. The second-order valence-corrected chi connectivity index (χ2v) is 7.76. The van der Waals surface area contributed by atoms with Gasteiger partial charge in [0.1, 0.15) is 5.69 Å². The lowest BCUT2D eigenvalue weighted by Crippen LogP contribution is -2.27. The number of benzene rings is 1. The highest BCUT2D eigenvalue weighted by Crippen LogP contribution is 2.29. The number of Topliss-reactive ketones (excluding diaryl/α,β-unsaturated/α-hetero) is 1. The zero-order chi connectivity index (χ0) is 20.4. The number of fused-ring (bicyclic) bond motifs is 1. The molecule has 4 rings (SSSR count). The maximum Gasteiger partial charge on any atom is 0.181 e. The van der Waals surface area contributed by atoms with E-state index >= 15 is 0 Å². The second-order valence-electron chi connectivity index (χ2n) is 7.76. The van der Waals surface area contributed by atoms with Gasteiger partial charge in [-0.1, -0.05) is 18.9 Å². The molecule has 2 heterocycles. The maximum absolute atomic E-state index is 13.7. The zero-order valence-electron chi connectivity index (χ0n) is 16.5. The summed E-state index contributed by atoms with van der Waals surface area (Å²) in [5, 5.41) is 14.6. The van der Waals surface area contributed by atoms with Gasteiger partial charge in [-0.05, 0) is 66.6 Å². The predicted octanol–water partition coefficient (Wildman–Crippen LogP) is 4.20. The Hall–Kier alpha value is -2.73. The Balaban J connectivity index is 1.64. The minimum absolute atomic E-state index is 0.00686. The van der Waals surface area contributed by atoms with Gasteiger partial charge in [-0.3, -0.25) is 4.79 Å². The van der Waals surface area contributed by atoms with Crippen LogP contribution in [-0.2, 0) is 6.42 Å². The molecule has 152 valence electrons. The molecular formula is C23H25FN2O3. The molecule has 1 aliphatic rings. The van der Waals surface area contributed by atoms with Crippen LogP contribution < -0.4 is 4.74 Å². The van der Waals surface area contributed by atoms with Crippen molar-refractivity contribution in [2.45, 2.75) is 44.6 Å². The summed E-state index contributed by atoms with van der Waals surface area (Å²) in [5.41, 5.74) is 3.21. The molecule has 0 amide bonds. The van der Waals surface area contributed by atoms with Crippen molar-refractivity contribution in [1.82, 2.24) is 9.61 Å². The number of hydrogen-bond donors (Lipinski definition) is 1. The Bertz CT molecular complexity index is 1030. The molecule has 0 aliphatic heterocycles. The van der Waals surface area contributed by atoms with Gasteiger partial charge in [0, 0.05) is 12.6 Å². The molecule has 3 aromatic rings. The number of hydrogen-bond acceptors (Lipinski definition) is 4. The highest BCUT2D eigenvalue weighted by molar-refractivity contribution is 5.96. The van der Waals surface area contributed by atoms with Gasteiger partial charge in [0.15, 0.2) is 17.3 Å². The third-order valence-corrected chi connectivity index (χ3v) is 5.83. The van der Waals surface area contributed by atoms with Crippen LogP contribution in [0, 0.1) is 11.7 Å². The number of nitrogens with zero attached hydrogens (tertiary/aromatic N) is 2. The number of aliphatic hydroxyl groups excluding tert-OH is 1. The number of rotatable bonds is 6. The fourth-order valence-electron chi connectivity index (χ4n) is 4.25. The summed E-state index contributed by atoms with van der Waals surface area (Å²) in [6, 6.07) is 10.4. The summed E-state index contributed by atoms with van der Waals surface area (Å²) >= 11 is 0. The third-order valence-electron chi connectivity index (χ3n) is 5.83. The number of ether oxygens (including phenoxy) is 1. The summed E-state index contributed by atoms with van der Waals surface area (Å²) in [5.74, 6) is -0.198. The smallest absolute Gasteiger partial charge is 0.181 e. The van der Waals surface area contributed by atoms with E-state index in [1.807, 2.05) is 18.2 Å². The minimum Gasteiger partial charge on any atom is -0.494 e. The topological polar surface area (TPSA) is 63.8 Å². The molecule has 0 bridgehead atoms. The van der Waals surface area contributed by atoms with Crippen LogP contribution in [0.4, 0.5) is 4.39 Å². The van der Waals surface area contributed by atoms with Gasteiger partial charge in [-0.15, -0.1) is 0 Å². The van der Waals surface area contributed by atoms with Crippen molar-refractivity contribution in [3.05, 3.63) is 65.2 Å². The molecule has 1 fully saturated rings. The van der Waals surface area contributed by atoms with E-state index in [0.29, 0.717) is 18.5 Å². The Morgan fingerprint density at radius 1 is 1.28 bits per heavy atom. The Morgan fingerprint density at radius 2 is 2.10 bits per heavy atom. The van der Waals surface area contributed by atoms with Gasteiger partial charge in [0.2, 0.25) is 0 Å². The summed E-state index contributed by atoms with van der Waals surface area (Å²) in [6.45, 7) is 0. The first-order chi connectivity index (χ1) is 14.1. The number of aromatic nitrogens is 2. The van der Waals surface area contributed by atoms with E-state index in [2.05, 4.69) is 5.10 Å². The molecule has 0 spiro atoms. The van der Waals surface area contributed by atoms with Crippen molar-refractivity contribution in [3.8, 4) is 5.75 Å². The molecule has 29 heavy (non-hydrogen) atoms. The molecule has 1 saturated carbocycles. The van der Waals surface area contributed by atoms with E-state index in [-0.39, 0.29) is 17.5 Å². The van der Waals surface area contributed by atoms with Crippen LogP contribution >= 0.6 is 0 Å². The number of carbonyl (C=O) groups is 1. The van der Waals surface area contributed by atoms with Gasteiger partial charge in [-0.2, -0.15) is 5.10 Å². The van der Waals surface area contributed by atoms with E-state index in [1.165, 1.54) is 13.2 Å². The summed E-state index contributed by atoms with van der Waals surface area (Å²) in [4.78, 5) is 13.0. The number of ketones is 1. The number of carbonyl (C=O) groups excluding carboxylic acids is 1. The van der Waals surface area contributed by atoms with Crippen LogP contribution in [0.3, 0.4) is 0 Å². The fourth-order valence-corrected chi connectivity index (χ4v) is 4.25. The molecular weight excluding hydrogens is 371 g/mol. The average Bonchev–Trinajstić information content (AvgIpc) is 3.10. The monoisotopic (exact) mass is 396 g/mol. The molecule has 1 aromatic carbocycles. The van der Waals surface area contributed by atoms with E-state index < -0.39 is 11.9 Å². The molecule has 0 unspecified atom stereocenters. The highest BCUT2D eigenvalue weighted by atomic mass is 19.1. The van der Waals surface area contributed by atoms with Crippen LogP contribution in [0.5, 0.6) is 5.75 Å². The lowest BCUT2D eigenvalue weighted by Gasteiger charge is -2.26. The Morgan fingerprint density at radius 3 is 2.90 bits per heavy atom. The zero-order valence-corrected chi connectivity index (χ0v) is 16.5. The number of aliphatic hydroxyl groups is 1. The number of halogens is 1. The molecule has 0 saturated heterocycles. The minimum atomic E-state index is -0.405. The van der Waals surface area contributed by atoms with Gasteiger partial charge in [0.05, 0.1) is 18.7 Å². The standard InChI is InChI=1S/C23H25FN2O3/c1-29-23-12-15(8-9-18(23)24)11-17-13-20(26-19(17)6-4-10-25-26)22(28)14-16-5-2-3-7-21(16)27/h4,6,8-10,12-13,16,21,27H,2-3,5,7,11,14H2,1H3/t16-,21+/m1/s1. The van der Waals surface area contributed by atoms with Crippen LogP contribution in [-0.4, -0.2) is 33.7 Å². The summed E-state index contributed by atoms with van der Waals surface area (Å²) in [6.07, 6.45) is 5.84. The molecule has 1 aliphatic carbocycles. The van der Waals surface area contributed by atoms with E-state index in [1.54, 1.807) is 22.8 Å². The Labute approximate surface area is 169 Å². The first-order valence-electron chi connectivity index (χ1n) is 10.1. The van der Waals surface area contributed by atoms with Crippen molar-refractivity contribution < 1.29 is 19.0 Å². The molecule has 5 nitrogen and oxygen atoms in total. The molecule has 6 heteroatoms. The van der Waals surface area contributed by atoms with Crippen molar-refractivity contribution in [1.29, 1.82) is 0 Å². The van der Waals surface area contributed by atoms with E-state index in [4.69, 9.17) is 4.74 Å². The normalized spacial score (nSPS) is 19.4. The van der Waals surface area contributed by atoms with Crippen molar-refractivity contribution in [2.24, 2.45) is 5.92 Å². The summed E-state index contributed by atoms with van der Waals surface area (Å²) < 4.78 is 20.5. The number of methoxy groups -OCH3 is 1. The first kappa shape index (κ1) is 19.6. The van der Waals surface area contributed by atoms with Crippen LogP contribution in [0.25, 0.3) is 5.52 Å². The fraction of sp³-hybridized carbons (Fsp3) is 0.391. The van der Waals surface area contributed by atoms with Crippen LogP contribution in [0.15, 0.2) is 42.6 Å². The highest BCUT2D eigenvalue weighted by Gasteiger charge is 2.27. The second kappa shape index (κ2) is 8.33. The van der Waals surface area contributed by atoms with Gasteiger partial charge >= 0.3 is 0 Å². The average molecular weight is 396 g/mol. The SMILES string of the molecule is COc1cc(Cc2cc(C(=O)C[C@H]3CCCC[C@@H]3O)n3ncccc23)ccc1F. The van der Waals surface area contributed by atoms with Gasteiger partial charge in [-0.25, -0.2) is 8.91 Å². The lowest BCUT2D eigenvalue weighted by molar-refractivity contribution is 0.0580. The largest absolute Gasteiger partial charge is 0.494 e. The van der Waals surface area contributed by atoms with Gasteiger partial charge < -0.3 is 9.84 Å². The van der Waals surface area contributed by atoms with Crippen molar-refractivity contribution in [2.75, 3.05) is 7.11 Å². The third kappa shape index (κ3) is 4.03. The molecule has 0 radical (unpaired) electrons. The van der Waals surface area contributed by atoms with Crippen LogP contribution in [0.1, 0.15) is 53.7 Å². The van der Waals surface area contributed by atoms with Crippen molar-refractivity contribution in [3.63, 3.8) is 0 Å². The quantitative estimate of drug-likeness (QED) is 0.635. The first-order valence-corrected chi connectivity index (χ1v) is 10.1. The molecule has 2 atom stereocenters. The van der Waals surface area contributed by atoms with Gasteiger partial charge in [0.25, 0.3) is 0 Å². The molecule has 2 aromatic heterocycles. The van der Waals surface area contributed by atoms with Crippen molar-refractivity contribution >= 4 is 11.3 Å². The van der Waals surface area contributed by atoms with E-state index in [0.717, 1.165) is 42.3 Å². The predicted molar refractivity (Wildman–Crippen MR) is 108 cm³/mol. The molecule has 1 N–H and O–H groups in total. The van der Waals surface area contributed by atoms with E-state index in [9.17, 15) is 14.3 Å². The van der Waals surface area contributed by atoms with Crippen LogP contribution in [0.2, 0.25) is 0 Å².